The van der Waals surface area contributed by atoms with Gasteiger partial charge in [0.15, 0.2) is 5.13 Å². The fourth-order valence-electron chi connectivity index (χ4n) is 4.51. The lowest BCUT2D eigenvalue weighted by Gasteiger charge is -2.28. The Morgan fingerprint density at radius 3 is 2.71 bits per heavy atom. The minimum absolute atomic E-state index is 0.232. The predicted molar refractivity (Wildman–Crippen MR) is 122 cm³/mol. The summed E-state index contributed by atoms with van der Waals surface area (Å²) in [5.74, 6) is -0.206. The quantitative estimate of drug-likeness (QED) is 0.546. The number of pyridine rings is 1. The number of benzene rings is 1. The molecule has 0 saturated heterocycles. The van der Waals surface area contributed by atoms with Gasteiger partial charge >= 0.3 is 0 Å². The van der Waals surface area contributed by atoms with Crippen molar-refractivity contribution in [1.29, 1.82) is 0 Å². The van der Waals surface area contributed by atoms with Gasteiger partial charge in [-0.25, -0.2) is 9.37 Å². The summed E-state index contributed by atoms with van der Waals surface area (Å²) < 4.78 is 15.8. The van der Waals surface area contributed by atoms with Gasteiger partial charge in [0.2, 0.25) is 5.91 Å². The van der Waals surface area contributed by atoms with E-state index in [1.807, 2.05) is 0 Å². The number of nitrogens with one attached hydrogen (secondary N) is 1. The van der Waals surface area contributed by atoms with Gasteiger partial charge < -0.3 is 9.88 Å². The van der Waals surface area contributed by atoms with Gasteiger partial charge in [-0.2, -0.15) is 0 Å². The third-order valence-corrected chi connectivity index (χ3v) is 6.69. The van der Waals surface area contributed by atoms with Crippen molar-refractivity contribution in [3.8, 4) is 11.1 Å². The Morgan fingerprint density at radius 1 is 1.26 bits per heavy atom. The standard InChI is InChI=1S/C24H26FN3O2S/c1-16-13-18(19-9-5-6-10-20(19)25)15-22(29)28(16)21(14-17-7-3-2-4-8-17)23(30)27-24-26-11-12-31-24/h5-6,9-13,15,17,21H,2-4,7-8,14H2,1H3,(H,26,27,30)/t21-/m0/s1. The first-order chi connectivity index (χ1) is 15.0. The van der Waals surface area contributed by atoms with Crippen LogP contribution in [0.2, 0.25) is 0 Å². The summed E-state index contributed by atoms with van der Waals surface area (Å²) in [6.45, 7) is 1.80. The number of halogens is 1. The molecule has 1 amide bonds. The molecule has 162 valence electrons. The molecule has 5 nitrogen and oxygen atoms in total. The number of carbonyl (C=O) groups is 1. The second kappa shape index (κ2) is 9.56. The van der Waals surface area contributed by atoms with Crippen LogP contribution in [0.15, 0.2) is 52.8 Å². The molecule has 31 heavy (non-hydrogen) atoms. The molecule has 2 aromatic heterocycles. The Morgan fingerprint density at radius 2 is 2.03 bits per heavy atom. The minimum Gasteiger partial charge on any atom is -0.300 e. The number of hydrogen-bond donors (Lipinski definition) is 1. The number of carbonyl (C=O) groups excluding carboxylic acids is 1. The normalized spacial score (nSPS) is 15.5. The highest BCUT2D eigenvalue weighted by molar-refractivity contribution is 7.13. The van der Waals surface area contributed by atoms with Gasteiger partial charge in [0.1, 0.15) is 11.9 Å². The molecular weight excluding hydrogens is 413 g/mol. The number of nitrogens with zero attached hydrogens (tertiary/aromatic N) is 2. The molecule has 0 bridgehead atoms. The highest BCUT2D eigenvalue weighted by atomic mass is 32.1. The minimum atomic E-state index is -0.630. The SMILES string of the molecule is Cc1cc(-c2ccccc2F)cc(=O)n1[C@@H](CC1CCCCC1)C(=O)Nc1nccs1. The molecule has 1 aliphatic rings. The van der Waals surface area contributed by atoms with Crippen LogP contribution in [0.25, 0.3) is 11.1 Å². The summed E-state index contributed by atoms with van der Waals surface area (Å²) in [6.07, 6.45) is 7.93. The third-order valence-electron chi connectivity index (χ3n) is 6.00. The Kier molecular flexibility index (Phi) is 6.61. The molecule has 0 spiro atoms. The summed E-state index contributed by atoms with van der Waals surface area (Å²) in [5.41, 5.74) is 1.24. The van der Waals surface area contributed by atoms with Crippen LogP contribution in [0.4, 0.5) is 9.52 Å². The molecule has 1 saturated carbocycles. The lowest BCUT2D eigenvalue weighted by molar-refractivity contribution is -0.120. The predicted octanol–water partition coefficient (Wildman–Crippen LogP) is 5.57. The molecule has 0 unspecified atom stereocenters. The second-order valence-electron chi connectivity index (χ2n) is 8.16. The van der Waals surface area contributed by atoms with Gasteiger partial charge in [-0.05, 0) is 37.0 Å². The van der Waals surface area contributed by atoms with E-state index in [0.717, 1.165) is 25.7 Å². The van der Waals surface area contributed by atoms with E-state index < -0.39 is 6.04 Å². The smallest absolute Gasteiger partial charge is 0.252 e. The van der Waals surface area contributed by atoms with E-state index in [-0.39, 0.29) is 17.3 Å². The molecule has 1 aromatic carbocycles. The summed E-state index contributed by atoms with van der Waals surface area (Å²) >= 11 is 1.35. The zero-order valence-corrected chi connectivity index (χ0v) is 18.3. The monoisotopic (exact) mass is 439 g/mol. The van der Waals surface area contributed by atoms with E-state index in [0.29, 0.717) is 34.3 Å². The zero-order chi connectivity index (χ0) is 21.8. The van der Waals surface area contributed by atoms with Gasteiger partial charge in [-0.3, -0.25) is 9.59 Å². The molecular formula is C24H26FN3O2S. The van der Waals surface area contributed by atoms with E-state index in [4.69, 9.17) is 0 Å². The Hall–Kier alpha value is -2.80. The van der Waals surface area contributed by atoms with E-state index in [1.54, 1.807) is 47.3 Å². The van der Waals surface area contributed by atoms with Gasteiger partial charge in [0, 0.05) is 28.9 Å². The number of rotatable bonds is 6. The van der Waals surface area contributed by atoms with Crippen LogP contribution in [-0.4, -0.2) is 15.5 Å². The van der Waals surface area contributed by atoms with Crippen molar-refractivity contribution in [2.45, 2.75) is 51.5 Å². The first-order valence-corrected chi connectivity index (χ1v) is 11.6. The van der Waals surface area contributed by atoms with Crippen LogP contribution >= 0.6 is 11.3 Å². The lowest BCUT2D eigenvalue weighted by Crippen LogP contribution is -2.36. The Bertz CT molecular complexity index is 1100. The fraction of sp³-hybridized carbons (Fsp3) is 0.375. The van der Waals surface area contributed by atoms with Gasteiger partial charge in [0.05, 0.1) is 0 Å². The summed E-state index contributed by atoms with van der Waals surface area (Å²) in [4.78, 5) is 30.6. The summed E-state index contributed by atoms with van der Waals surface area (Å²) in [7, 11) is 0. The van der Waals surface area contributed by atoms with Crippen molar-refractivity contribution in [2.75, 3.05) is 5.32 Å². The zero-order valence-electron chi connectivity index (χ0n) is 17.5. The topological polar surface area (TPSA) is 64.0 Å². The molecule has 2 heterocycles. The van der Waals surface area contributed by atoms with Gasteiger partial charge in [-0.15, -0.1) is 11.3 Å². The van der Waals surface area contributed by atoms with Crippen molar-refractivity contribution in [1.82, 2.24) is 9.55 Å². The molecule has 1 N–H and O–H groups in total. The van der Waals surface area contributed by atoms with Crippen molar-refractivity contribution < 1.29 is 9.18 Å². The average molecular weight is 440 g/mol. The maximum atomic E-state index is 14.3. The van der Waals surface area contributed by atoms with E-state index >= 15 is 0 Å². The van der Waals surface area contributed by atoms with Crippen LogP contribution in [-0.2, 0) is 4.79 Å². The largest absolute Gasteiger partial charge is 0.300 e. The maximum absolute atomic E-state index is 14.3. The summed E-state index contributed by atoms with van der Waals surface area (Å²) in [5, 5.41) is 5.19. The Labute approximate surface area is 185 Å². The van der Waals surface area contributed by atoms with Gasteiger partial charge in [0.25, 0.3) is 5.56 Å². The lowest BCUT2D eigenvalue weighted by atomic mass is 9.84. The van der Waals surface area contributed by atoms with Crippen LogP contribution in [0, 0.1) is 18.7 Å². The molecule has 0 aliphatic heterocycles. The number of aromatic nitrogens is 2. The highest BCUT2D eigenvalue weighted by Gasteiger charge is 2.28. The molecule has 3 aromatic rings. The number of aryl methyl sites for hydroxylation is 1. The summed E-state index contributed by atoms with van der Waals surface area (Å²) in [6, 6.07) is 8.98. The van der Waals surface area contributed by atoms with E-state index in [9.17, 15) is 14.0 Å². The molecule has 7 heteroatoms. The van der Waals surface area contributed by atoms with Crippen molar-refractivity contribution in [3.63, 3.8) is 0 Å². The second-order valence-corrected chi connectivity index (χ2v) is 9.05. The van der Waals surface area contributed by atoms with E-state index in [2.05, 4.69) is 10.3 Å². The third kappa shape index (κ3) is 4.93. The van der Waals surface area contributed by atoms with Crippen LogP contribution < -0.4 is 10.9 Å². The average Bonchev–Trinajstić information content (AvgIpc) is 3.26. The van der Waals surface area contributed by atoms with Crippen LogP contribution in [0.1, 0.15) is 50.3 Å². The van der Waals surface area contributed by atoms with Crippen molar-refractivity contribution >= 4 is 22.4 Å². The van der Waals surface area contributed by atoms with Crippen LogP contribution in [0.3, 0.4) is 0 Å². The molecule has 0 radical (unpaired) electrons. The molecule has 1 atom stereocenters. The van der Waals surface area contributed by atoms with Crippen LogP contribution in [0.5, 0.6) is 0 Å². The number of hydrogen-bond acceptors (Lipinski definition) is 4. The fourth-order valence-corrected chi connectivity index (χ4v) is 5.04. The van der Waals surface area contributed by atoms with Crippen molar-refractivity contribution in [3.05, 3.63) is 69.8 Å². The molecule has 1 fully saturated rings. The first-order valence-electron chi connectivity index (χ1n) is 10.7. The number of anilines is 1. The van der Waals surface area contributed by atoms with Crippen molar-refractivity contribution in [2.24, 2.45) is 5.92 Å². The highest BCUT2D eigenvalue weighted by Crippen LogP contribution is 2.32. The first kappa shape index (κ1) is 21.4. The number of thiazole rings is 1. The molecule has 4 rings (SSSR count). The number of amides is 1. The maximum Gasteiger partial charge on any atom is 0.252 e. The molecule has 1 aliphatic carbocycles. The van der Waals surface area contributed by atoms with Gasteiger partial charge in [-0.1, -0.05) is 50.3 Å². The Balaban J connectivity index is 1.70. The van der Waals surface area contributed by atoms with E-state index in [1.165, 1.54) is 29.9 Å².